The second kappa shape index (κ2) is 12.2. The number of phosphoric ester groups is 1. The average molecular weight is 673 g/mol. The largest absolute Gasteiger partial charge is 0.477 e. The van der Waals surface area contributed by atoms with Crippen molar-refractivity contribution in [2.45, 2.75) is 79.5 Å². The van der Waals surface area contributed by atoms with E-state index in [1.165, 1.54) is 30.9 Å². The number of amides is 1. The van der Waals surface area contributed by atoms with Crippen LogP contribution in [0.4, 0.5) is 39.0 Å². The van der Waals surface area contributed by atoms with Crippen LogP contribution in [-0.2, 0) is 31.0 Å². The van der Waals surface area contributed by atoms with Gasteiger partial charge in [0.2, 0.25) is 0 Å². The summed E-state index contributed by atoms with van der Waals surface area (Å²) in [5.74, 6) is -3.20. The van der Waals surface area contributed by atoms with Crippen LogP contribution in [0.3, 0.4) is 0 Å². The Hall–Kier alpha value is -3.65. The number of carbonyl (C=O) groups excluding carboxylic acids is 1. The average Bonchev–Trinajstić information content (AvgIpc) is 2.90. The highest BCUT2D eigenvalue weighted by Crippen LogP contribution is 2.55. The first-order valence-electron chi connectivity index (χ1n) is 14.0. The van der Waals surface area contributed by atoms with Gasteiger partial charge < -0.3 is 4.90 Å². The van der Waals surface area contributed by atoms with Gasteiger partial charge in [-0.25, -0.2) is 18.3 Å². The Bertz CT molecular complexity index is 1760. The van der Waals surface area contributed by atoms with Gasteiger partial charge in [-0.3, -0.25) is 32.6 Å². The fraction of sp³-hybridized carbons (Fsp3) is 0.433. The zero-order valence-electron chi connectivity index (χ0n) is 26.5. The monoisotopic (exact) mass is 672 g/mol. The number of hydrogen-bond donors (Lipinski definition) is 0. The Balaban J connectivity index is 1.82. The Morgan fingerprint density at radius 1 is 0.870 bits per heavy atom. The van der Waals surface area contributed by atoms with Crippen molar-refractivity contribution >= 4 is 30.8 Å². The summed E-state index contributed by atoms with van der Waals surface area (Å²) in [5, 5.41) is 0. The minimum Gasteiger partial charge on any atom is -0.320 e. The van der Waals surface area contributed by atoms with Crippen molar-refractivity contribution in [3.8, 4) is 0 Å². The van der Waals surface area contributed by atoms with Crippen molar-refractivity contribution < 1.29 is 44.9 Å². The van der Waals surface area contributed by atoms with Crippen LogP contribution < -0.4 is 15.4 Å². The first kappa shape index (κ1) is 35.2. The molecule has 3 aromatic rings. The molecule has 0 atom stereocenters. The summed E-state index contributed by atoms with van der Waals surface area (Å²) in [6.45, 7) is 11.5. The van der Waals surface area contributed by atoms with Gasteiger partial charge in [0.15, 0.2) is 11.6 Å². The molecule has 0 unspecified atom stereocenters. The van der Waals surface area contributed by atoms with Gasteiger partial charge in [0, 0.05) is 23.0 Å². The molecule has 10 nitrogen and oxygen atoms in total. The number of carbonyl (C=O) groups is 1. The molecule has 4 rings (SSSR count). The summed E-state index contributed by atoms with van der Waals surface area (Å²) in [4.78, 5) is 32.7. The molecule has 1 amide bonds. The normalized spacial score (nSPS) is 14.6. The summed E-state index contributed by atoms with van der Waals surface area (Å²) in [7, 11) is -4.28. The maximum Gasteiger partial charge on any atom is 0.477 e. The molecule has 1 aliphatic rings. The van der Waals surface area contributed by atoms with Crippen LogP contribution in [-0.4, -0.2) is 33.3 Å². The number of halogens is 5. The van der Waals surface area contributed by atoms with E-state index in [0.29, 0.717) is 6.07 Å². The van der Waals surface area contributed by atoms with E-state index in [2.05, 4.69) is 4.98 Å². The number of pyridine rings is 2. The fourth-order valence-electron chi connectivity index (χ4n) is 4.72. The zero-order chi connectivity index (χ0) is 34.6. The van der Waals surface area contributed by atoms with E-state index < -0.39 is 66.3 Å². The lowest BCUT2D eigenvalue weighted by atomic mass is 10.0. The molecular weight excluding hydrogens is 638 g/mol. The Morgan fingerprint density at radius 2 is 1.46 bits per heavy atom. The molecule has 16 heteroatoms. The molecule has 0 N–H and O–H groups in total. The van der Waals surface area contributed by atoms with E-state index in [-0.39, 0.29) is 35.0 Å². The molecule has 46 heavy (non-hydrogen) atoms. The summed E-state index contributed by atoms with van der Waals surface area (Å²) in [6.07, 6.45) is -4.04. The van der Waals surface area contributed by atoms with Crippen LogP contribution in [0.2, 0.25) is 0 Å². The quantitative estimate of drug-likeness (QED) is 0.187. The number of nitrogens with zero attached hydrogens (tertiary/aromatic N) is 4. The minimum absolute atomic E-state index is 0.0631. The number of alkyl halides is 3. The molecule has 0 saturated carbocycles. The molecule has 250 valence electrons. The van der Waals surface area contributed by atoms with Crippen molar-refractivity contribution in [1.82, 2.24) is 9.55 Å². The third-order valence-electron chi connectivity index (χ3n) is 6.66. The molecule has 0 fully saturated rings. The SMILES string of the molecule is Cc1c(N2CN(c3ccc(=O)n(COP(=O)(OC(C)(C)C)OC(C)(C)C)c3C)C(=O)c3cc(C(F)(F)F)ncc32)ccc(F)c1F. The van der Waals surface area contributed by atoms with Gasteiger partial charge in [-0.1, -0.05) is 0 Å². The predicted molar refractivity (Wildman–Crippen MR) is 160 cm³/mol. The summed E-state index contributed by atoms with van der Waals surface area (Å²) in [5.41, 5.74) is -4.33. The highest BCUT2D eigenvalue weighted by Gasteiger charge is 2.40. The van der Waals surface area contributed by atoms with E-state index in [9.17, 15) is 36.1 Å². The smallest absolute Gasteiger partial charge is 0.320 e. The summed E-state index contributed by atoms with van der Waals surface area (Å²) >= 11 is 0. The van der Waals surface area contributed by atoms with Crippen LogP contribution in [0.15, 0.2) is 41.3 Å². The van der Waals surface area contributed by atoms with Gasteiger partial charge in [0.25, 0.3) is 11.5 Å². The van der Waals surface area contributed by atoms with Gasteiger partial charge in [-0.2, -0.15) is 13.2 Å². The lowest BCUT2D eigenvalue weighted by Gasteiger charge is -2.39. The third-order valence-corrected chi connectivity index (χ3v) is 8.63. The molecule has 0 bridgehead atoms. The van der Waals surface area contributed by atoms with Gasteiger partial charge in [0.1, 0.15) is 19.1 Å². The number of anilines is 3. The first-order valence-corrected chi connectivity index (χ1v) is 15.5. The molecule has 1 aromatic carbocycles. The standard InChI is InChI=1S/C30H34F5N4O6P/c1-17-21(10-9-20(31)26(17)32)37-15-38(27(41)19-13-24(30(33,34)35)36-14-23(19)37)22-11-12-25(40)39(18(22)2)16-43-46(42,44-28(3,4)5)45-29(6,7)8/h9-14H,15-16H2,1-8H3. The van der Waals surface area contributed by atoms with Crippen molar-refractivity contribution in [3.05, 3.63) is 81.0 Å². The molecular formula is C30H34F5N4O6P. The molecule has 0 spiro atoms. The molecule has 1 aliphatic heterocycles. The molecule has 0 aliphatic carbocycles. The highest BCUT2D eigenvalue weighted by molar-refractivity contribution is 7.48. The van der Waals surface area contributed by atoms with E-state index in [0.717, 1.165) is 27.8 Å². The van der Waals surface area contributed by atoms with E-state index in [1.54, 1.807) is 41.5 Å². The third kappa shape index (κ3) is 7.49. The summed E-state index contributed by atoms with van der Waals surface area (Å²) < 4.78 is 101. The van der Waals surface area contributed by atoms with Crippen LogP contribution in [0.1, 0.15) is 68.9 Å². The second-order valence-corrected chi connectivity index (χ2v) is 14.1. The van der Waals surface area contributed by atoms with E-state index in [1.807, 2.05) is 0 Å². The molecule has 0 saturated heterocycles. The Kier molecular flexibility index (Phi) is 9.32. The maximum atomic E-state index is 14.6. The van der Waals surface area contributed by atoms with Crippen molar-refractivity contribution in [2.75, 3.05) is 16.5 Å². The lowest BCUT2D eigenvalue weighted by Crippen LogP contribution is -2.46. The minimum atomic E-state index is -4.89. The number of fused-ring (bicyclic) bond motifs is 1. The summed E-state index contributed by atoms with van der Waals surface area (Å²) in [6, 6.07) is 5.04. The molecule has 2 aromatic heterocycles. The van der Waals surface area contributed by atoms with E-state index >= 15 is 0 Å². The number of rotatable bonds is 7. The topological polar surface area (TPSA) is 103 Å². The van der Waals surface area contributed by atoms with Crippen LogP contribution in [0.5, 0.6) is 0 Å². The van der Waals surface area contributed by atoms with Crippen LogP contribution >= 0.6 is 7.82 Å². The number of hydrogen-bond acceptors (Lipinski definition) is 8. The Morgan fingerprint density at radius 3 is 2.02 bits per heavy atom. The van der Waals surface area contributed by atoms with E-state index in [4.69, 9.17) is 13.6 Å². The van der Waals surface area contributed by atoms with Crippen molar-refractivity contribution in [1.29, 1.82) is 0 Å². The zero-order valence-corrected chi connectivity index (χ0v) is 27.3. The fourth-order valence-corrected chi connectivity index (χ4v) is 6.46. The highest BCUT2D eigenvalue weighted by atomic mass is 31.2. The predicted octanol–water partition coefficient (Wildman–Crippen LogP) is 7.63. The second-order valence-electron chi connectivity index (χ2n) is 12.6. The first-order chi connectivity index (χ1) is 21.0. The number of phosphoric acid groups is 1. The van der Waals surface area contributed by atoms with Gasteiger partial charge >= 0.3 is 14.0 Å². The van der Waals surface area contributed by atoms with Gasteiger partial charge in [-0.15, -0.1) is 0 Å². The van der Waals surface area contributed by atoms with Crippen molar-refractivity contribution in [3.63, 3.8) is 0 Å². The van der Waals surface area contributed by atoms with Crippen LogP contribution in [0.25, 0.3) is 0 Å². The lowest BCUT2D eigenvalue weighted by molar-refractivity contribution is -0.141. The molecule has 0 radical (unpaired) electrons. The maximum absolute atomic E-state index is 14.6. The van der Waals surface area contributed by atoms with Crippen LogP contribution in [0, 0.1) is 25.5 Å². The number of benzene rings is 1. The van der Waals surface area contributed by atoms with Gasteiger partial charge in [-0.05, 0) is 79.7 Å². The van der Waals surface area contributed by atoms with Gasteiger partial charge in [0.05, 0.1) is 34.3 Å². The Labute approximate surface area is 262 Å². The van der Waals surface area contributed by atoms with Crippen molar-refractivity contribution in [2.24, 2.45) is 0 Å². The molecule has 3 heterocycles. The number of aromatic nitrogens is 2.